The van der Waals surface area contributed by atoms with Crippen molar-refractivity contribution in [1.82, 2.24) is 9.62 Å². The number of halogens is 3. The Labute approximate surface area is 160 Å². The number of alkyl halides is 3. The number of ether oxygens (including phenoxy) is 1. The largest absolute Gasteiger partial charge is 0.379 e. The summed E-state index contributed by atoms with van der Waals surface area (Å²) < 4.78 is 29.7. The van der Waals surface area contributed by atoms with Crippen molar-refractivity contribution in [3.8, 4) is 0 Å². The molecule has 1 aromatic rings. The van der Waals surface area contributed by atoms with Gasteiger partial charge in [0, 0.05) is 25.7 Å². The molecule has 0 saturated carbocycles. The van der Waals surface area contributed by atoms with E-state index in [1.807, 2.05) is 0 Å². The summed E-state index contributed by atoms with van der Waals surface area (Å²) >= 11 is 17.1. The highest BCUT2D eigenvalue weighted by Crippen LogP contribution is 2.27. The van der Waals surface area contributed by atoms with E-state index in [1.54, 1.807) is 0 Å². The first-order chi connectivity index (χ1) is 11.7. The van der Waals surface area contributed by atoms with Gasteiger partial charge in [0.05, 0.1) is 18.1 Å². The molecule has 0 radical (unpaired) electrons. The monoisotopic (exact) mass is 427 g/mol. The standard InChI is InChI=1S/C14H16Cl3N3O4S/c1-18-13(14(15,16)17)19-12(21)10-2-4-11(5-3-10)25(22,23)20-6-8-24-9-7-20/h2-5H,6-9H2,1H3,(H,18,19,21). The van der Waals surface area contributed by atoms with E-state index in [2.05, 4.69) is 10.3 Å². The number of nitrogens with one attached hydrogen (secondary N) is 1. The molecule has 0 aliphatic carbocycles. The van der Waals surface area contributed by atoms with Gasteiger partial charge in [0.1, 0.15) is 0 Å². The predicted octanol–water partition coefficient (Wildman–Crippen LogP) is 1.84. The van der Waals surface area contributed by atoms with E-state index >= 15 is 0 Å². The van der Waals surface area contributed by atoms with Crippen LogP contribution < -0.4 is 5.32 Å². The molecule has 1 amide bonds. The summed E-state index contributed by atoms with van der Waals surface area (Å²) in [5.74, 6) is -0.699. The first kappa shape index (κ1) is 20.4. The average molecular weight is 429 g/mol. The lowest BCUT2D eigenvalue weighted by Crippen LogP contribution is -2.40. The van der Waals surface area contributed by atoms with Gasteiger partial charge in [-0.15, -0.1) is 0 Å². The molecule has 1 saturated heterocycles. The molecule has 7 nitrogen and oxygen atoms in total. The molecule has 25 heavy (non-hydrogen) atoms. The zero-order valence-electron chi connectivity index (χ0n) is 13.2. The molecule has 0 unspecified atom stereocenters. The molecule has 0 bridgehead atoms. The van der Waals surface area contributed by atoms with Gasteiger partial charge in [-0.2, -0.15) is 4.31 Å². The lowest BCUT2D eigenvalue weighted by atomic mass is 10.2. The Kier molecular flexibility index (Phi) is 6.69. The molecule has 1 aliphatic heterocycles. The fraction of sp³-hybridized carbons (Fsp3) is 0.429. The smallest absolute Gasteiger partial charge is 0.256 e. The summed E-state index contributed by atoms with van der Waals surface area (Å²) in [7, 11) is -2.25. The van der Waals surface area contributed by atoms with Crippen LogP contribution in [0.2, 0.25) is 0 Å². The number of carbonyl (C=O) groups is 1. The number of benzene rings is 1. The third kappa shape index (κ3) is 5.06. The molecule has 11 heteroatoms. The summed E-state index contributed by atoms with van der Waals surface area (Å²) in [6.45, 7) is 1.31. The van der Waals surface area contributed by atoms with Crippen LogP contribution in [-0.4, -0.2) is 61.6 Å². The van der Waals surface area contributed by atoms with E-state index in [0.29, 0.717) is 26.3 Å². The van der Waals surface area contributed by atoms with Gasteiger partial charge in [-0.25, -0.2) is 8.42 Å². The second-order valence-electron chi connectivity index (χ2n) is 5.06. The maximum absolute atomic E-state index is 12.5. The Morgan fingerprint density at radius 2 is 1.76 bits per heavy atom. The van der Waals surface area contributed by atoms with Crippen LogP contribution >= 0.6 is 34.8 Å². The van der Waals surface area contributed by atoms with E-state index in [-0.39, 0.29) is 16.3 Å². The molecule has 138 valence electrons. The van der Waals surface area contributed by atoms with Crippen LogP contribution in [0.25, 0.3) is 0 Å². The first-order valence-electron chi connectivity index (χ1n) is 7.19. The van der Waals surface area contributed by atoms with Crippen LogP contribution in [0.5, 0.6) is 0 Å². The van der Waals surface area contributed by atoms with Crippen molar-refractivity contribution in [3.63, 3.8) is 0 Å². The number of sulfonamides is 1. The van der Waals surface area contributed by atoms with E-state index in [4.69, 9.17) is 39.5 Å². The van der Waals surface area contributed by atoms with E-state index in [1.165, 1.54) is 35.6 Å². The molecule has 0 spiro atoms. The number of carbonyl (C=O) groups excluding carboxylic acids is 1. The summed E-state index contributed by atoms with van der Waals surface area (Å²) in [5.41, 5.74) is 0.205. The van der Waals surface area contributed by atoms with Crippen molar-refractivity contribution in [2.45, 2.75) is 8.69 Å². The Morgan fingerprint density at radius 3 is 2.24 bits per heavy atom. The third-order valence-electron chi connectivity index (χ3n) is 3.45. The molecule has 1 N–H and O–H groups in total. The number of amidine groups is 1. The Hall–Kier alpha value is -0.900. The second-order valence-corrected chi connectivity index (χ2v) is 9.28. The zero-order valence-corrected chi connectivity index (χ0v) is 16.3. The van der Waals surface area contributed by atoms with Crippen LogP contribution in [0.3, 0.4) is 0 Å². The highest BCUT2D eigenvalue weighted by atomic mass is 35.6. The van der Waals surface area contributed by atoms with E-state index in [0.717, 1.165) is 0 Å². The topological polar surface area (TPSA) is 88.1 Å². The Morgan fingerprint density at radius 1 is 1.20 bits per heavy atom. The van der Waals surface area contributed by atoms with Gasteiger partial charge in [0.15, 0.2) is 5.84 Å². The fourth-order valence-corrected chi connectivity index (χ4v) is 3.95. The van der Waals surface area contributed by atoms with Crippen LogP contribution in [0.15, 0.2) is 34.2 Å². The van der Waals surface area contributed by atoms with Gasteiger partial charge in [0.2, 0.25) is 13.8 Å². The zero-order chi connectivity index (χ0) is 18.7. The number of nitrogens with zero attached hydrogens (tertiary/aromatic N) is 2. The number of morpholine rings is 1. The average Bonchev–Trinajstić information content (AvgIpc) is 2.59. The molecule has 0 atom stereocenters. The van der Waals surface area contributed by atoms with Gasteiger partial charge >= 0.3 is 0 Å². The normalized spacial score (nSPS) is 17.4. The number of hydrogen-bond acceptors (Lipinski definition) is 5. The highest BCUT2D eigenvalue weighted by molar-refractivity contribution is 7.89. The van der Waals surface area contributed by atoms with Crippen molar-refractivity contribution in [1.29, 1.82) is 0 Å². The summed E-state index contributed by atoms with van der Waals surface area (Å²) in [5, 5.41) is 2.38. The number of amides is 1. The van der Waals surface area contributed by atoms with E-state index in [9.17, 15) is 13.2 Å². The number of rotatable bonds is 3. The lowest BCUT2D eigenvalue weighted by molar-refractivity contribution is 0.0730. The first-order valence-corrected chi connectivity index (χ1v) is 9.77. The molecule has 1 aromatic carbocycles. The van der Waals surface area contributed by atoms with Crippen LogP contribution in [0.1, 0.15) is 10.4 Å². The fourth-order valence-electron chi connectivity index (χ4n) is 2.15. The summed E-state index contributed by atoms with van der Waals surface area (Å²) in [6, 6.07) is 5.48. The van der Waals surface area contributed by atoms with Crippen LogP contribution in [-0.2, 0) is 14.8 Å². The molecule has 0 aromatic heterocycles. The number of hydrogen-bond donors (Lipinski definition) is 1. The molecule has 1 fully saturated rings. The maximum atomic E-state index is 12.5. The Balaban J connectivity index is 2.15. The lowest BCUT2D eigenvalue weighted by Gasteiger charge is -2.26. The van der Waals surface area contributed by atoms with Crippen molar-refractivity contribution in [2.75, 3.05) is 33.4 Å². The summed E-state index contributed by atoms with van der Waals surface area (Å²) in [6.07, 6.45) is 0. The van der Waals surface area contributed by atoms with Crippen molar-refractivity contribution < 1.29 is 17.9 Å². The quantitative estimate of drug-likeness (QED) is 0.452. The van der Waals surface area contributed by atoms with Crippen molar-refractivity contribution in [2.24, 2.45) is 4.99 Å². The molecular formula is C14H16Cl3N3O4S. The van der Waals surface area contributed by atoms with Gasteiger partial charge in [-0.05, 0) is 24.3 Å². The second kappa shape index (κ2) is 8.20. The SMILES string of the molecule is CN=C(NC(=O)c1ccc(S(=O)(=O)N2CCOCC2)cc1)C(Cl)(Cl)Cl. The highest BCUT2D eigenvalue weighted by Gasteiger charge is 2.30. The van der Waals surface area contributed by atoms with Gasteiger partial charge in [-0.1, -0.05) is 34.8 Å². The molecular weight excluding hydrogens is 413 g/mol. The molecule has 1 heterocycles. The third-order valence-corrected chi connectivity index (χ3v) is 5.90. The van der Waals surface area contributed by atoms with Gasteiger partial charge < -0.3 is 10.1 Å². The van der Waals surface area contributed by atoms with Crippen molar-refractivity contribution in [3.05, 3.63) is 29.8 Å². The van der Waals surface area contributed by atoms with E-state index < -0.39 is 19.7 Å². The molecule has 2 rings (SSSR count). The minimum atomic E-state index is -3.62. The van der Waals surface area contributed by atoms with Crippen LogP contribution in [0, 0.1) is 0 Å². The van der Waals surface area contributed by atoms with Crippen LogP contribution in [0.4, 0.5) is 0 Å². The predicted molar refractivity (Wildman–Crippen MR) is 97.1 cm³/mol. The minimum Gasteiger partial charge on any atom is -0.379 e. The van der Waals surface area contributed by atoms with Gasteiger partial charge in [-0.3, -0.25) is 9.79 Å². The maximum Gasteiger partial charge on any atom is 0.256 e. The number of aliphatic imine (C=N–C) groups is 1. The minimum absolute atomic E-state index is 0.0942. The van der Waals surface area contributed by atoms with Crippen molar-refractivity contribution >= 4 is 56.6 Å². The molecule has 1 aliphatic rings. The summed E-state index contributed by atoms with van der Waals surface area (Å²) in [4.78, 5) is 16.0. The Bertz CT molecular complexity index is 755. The van der Waals surface area contributed by atoms with Gasteiger partial charge in [0.25, 0.3) is 5.91 Å².